The SMILES string of the molecule is CC(F)(F)C(=O)OC12CC3CC(O)(CC(O)(C3)C1)C2. The van der Waals surface area contributed by atoms with Crippen LogP contribution in [0.5, 0.6) is 0 Å². The number of ether oxygens (including phenoxy) is 1. The van der Waals surface area contributed by atoms with Gasteiger partial charge in [0.25, 0.3) is 0 Å². The molecule has 0 spiro atoms. The minimum Gasteiger partial charge on any atom is -0.454 e. The Morgan fingerprint density at radius 1 is 1.16 bits per heavy atom. The molecule has 0 saturated heterocycles. The second-order valence-corrected chi connectivity index (χ2v) is 6.92. The van der Waals surface area contributed by atoms with E-state index in [2.05, 4.69) is 0 Å². The van der Waals surface area contributed by atoms with Crippen molar-refractivity contribution >= 4 is 5.97 Å². The summed E-state index contributed by atoms with van der Waals surface area (Å²) in [5.74, 6) is -5.08. The number of halogens is 2. The predicted molar refractivity (Wildman–Crippen MR) is 60.5 cm³/mol. The van der Waals surface area contributed by atoms with Crippen LogP contribution in [0.2, 0.25) is 0 Å². The summed E-state index contributed by atoms with van der Waals surface area (Å²) in [7, 11) is 0. The maximum absolute atomic E-state index is 13.0. The molecule has 2 unspecified atom stereocenters. The maximum Gasteiger partial charge on any atom is 0.377 e. The molecule has 4 saturated carbocycles. The Morgan fingerprint density at radius 2 is 1.68 bits per heavy atom. The molecular formula is C13H18F2O4. The van der Waals surface area contributed by atoms with Crippen molar-refractivity contribution in [3.63, 3.8) is 0 Å². The average molecular weight is 276 g/mol. The molecule has 0 aromatic carbocycles. The first-order valence-electron chi connectivity index (χ1n) is 6.59. The summed E-state index contributed by atoms with van der Waals surface area (Å²) in [6.07, 6.45) is 2.12. The third-order valence-corrected chi connectivity index (χ3v) is 4.63. The Hall–Kier alpha value is -0.750. The number of alkyl halides is 2. The number of esters is 1. The topological polar surface area (TPSA) is 66.8 Å². The summed E-state index contributed by atoms with van der Waals surface area (Å²) in [5.41, 5.74) is -3.30. The highest BCUT2D eigenvalue weighted by atomic mass is 19.3. The molecular weight excluding hydrogens is 258 g/mol. The molecule has 4 bridgehead atoms. The van der Waals surface area contributed by atoms with Crippen molar-refractivity contribution in [3.05, 3.63) is 0 Å². The average Bonchev–Trinajstić information content (AvgIpc) is 2.07. The van der Waals surface area contributed by atoms with Crippen LogP contribution in [0.15, 0.2) is 0 Å². The van der Waals surface area contributed by atoms with Crippen molar-refractivity contribution < 1.29 is 28.5 Å². The van der Waals surface area contributed by atoms with Gasteiger partial charge in [-0.1, -0.05) is 0 Å². The van der Waals surface area contributed by atoms with Gasteiger partial charge in [0.15, 0.2) is 0 Å². The first-order chi connectivity index (χ1) is 8.53. The van der Waals surface area contributed by atoms with Crippen LogP contribution < -0.4 is 0 Å². The number of hydrogen-bond acceptors (Lipinski definition) is 4. The van der Waals surface area contributed by atoms with Crippen LogP contribution in [0, 0.1) is 5.92 Å². The highest BCUT2D eigenvalue weighted by Crippen LogP contribution is 2.60. The third kappa shape index (κ3) is 2.14. The van der Waals surface area contributed by atoms with Gasteiger partial charge in [-0.2, -0.15) is 8.78 Å². The molecule has 0 aromatic rings. The summed E-state index contributed by atoms with van der Waals surface area (Å²) >= 11 is 0. The number of carbonyl (C=O) groups excluding carboxylic acids is 1. The van der Waals surface area contributed by atoms with Gasteiger partial charge in [-0.25, -0.2) is 4.79 Å². The molecule has 0 heterocycles. The third-order valence-electron chi connectivity index (χ3n) is 4.63. The lowest BCUT2D eigenvalue weighted by Crippen LogP contribution is -2.67. The van der Waals surface area contributed by atoms with Gasteiger partial charge >= 0.3 is 11.9 Å². The van der Waals surface area contributed by atoms with Crippen molar-refractivity contribution in [2.75, 3.05) is 0 Å². The second kappa shape index (κ2) is 3.47. The van der Waals surface area contributed by atoms with Crippen molar-refractivity contribution in [3.8, 4) is 0 Å². The fourth-order valence-electron chi connectivity index (χ4n) is 4.65. The maximum atomic E-state index is 13.0. The summed E-state index contributed by atoms with van der Waals surface area (Å²) in [6, 6.07) is 0. The smallest absolute Gasteiger partial charge is 0.377 e. The van der Waals surface area contributed by atoms with Gasteiger partial charge in [0.2, 0.25) is 0 Å². The Labute approximate surface area is 109 Å². The molecule has 2 N–H and O–H groups in total. The van der Waals surface area contributed by atoms with Crippen LogP contribution in [-0.2, 0) is 9.53 Å². The molecule has 4 rings (SSSR count). The van der Waals surface area contributed by atoms with E-state index in [1.54, 1.807) is 0 Å². The summed E-state index contributed by atoms with van der Waals surface area (Å²) in [5, 5.41) is 20.8. The minimum absolute atomic E-state index is 0.0320. The highest BCUT2D eigenvalue weighted by Gasteiger charge is 2.65. The van der Waals surface area contributed by atoms with Gasteiger partial charge in [-0.3, -0.25) is 0 Å². The largest absolute Gasteiger partial charge is 0.454 e. The Balaban J connectivity index is 1.87. The van der Waals surface area contributed by atoms with Gasteiger partial charge in [0.05, 0.1) is 11.2 Å². The van der Waals surface area contributed by atoms with Crippen molar-refractivity contribution in [2.24, 2.45) is 5.92 Å². The highest BCUT2D eigenvalue weighted by molar-refractivity contribution is 5.77. The zero-order valence-electron chi connectivity index (χ0n) is 10.8. The fraction of sp³-hybridized carbons (Fsp3) is 0.923. The van der Waals surface area contributed by atoms with Crippen molar-refractivity contribution in [2.45, 2.75) is 68.2 Å². The van der Waals surface area contributed by atoms with E-state index in [-0.39, 0.29) is 25.2 Å². The van der Waals surface area contributed by atoms with Crippen LogP contribution in [0.3, 0.4) is 0 Å². The van der Waals surface area contributed by atoms with Crippen LogP contribution in [-0.4, -0.2) is 38.9 Å². The molecule has 108 valence electrons. The van der Waals surface area contributed by atoms with E-state index in [4.69, 9.17) is 4.74 Å². The van der Waals surface area contributed by atoms with Gasteiger partial charge in [0, 0.05) is 26.2 Å². The molecule has 0 amide bonds. The molecule has 0 radical (unpaired) electrons. The quantitative estimate of drug-likeness (QED) is 0.748. The monoisotopic (exact) mass is 276 g/mol. The molecule has 4 nitrogen and oxygen atoms in total. The van der Waals surface area contributed by atoms with Gasteiger partial charge in [-0.05, 0) is 25.2 Å². The zero-order valence-corrected chi connectivity index (χ0v) is 10.8. The predicted octanol–water partition coefficient (Wildman–Crippen LogP) is 1.38. The van der Waals surface area contributed by atoms with E-state index in [0.29, 0.717) is 26.2 Å². The molecule has 0 aromatic heterocycles. The summed E-state index contributed by atoms with van der Waals surface area (Å²) < 4.78 is 31.0. The normalized spacial score (nSPS) is 48.4. The number of carbonyl (C=O) groups is 1. The van der Waals surface area contributed by atoms with E-state index in [9.17, 15) is 23.8 Å². The zero-order chi connectivity index (χ0) is 14.1. The number of rotatable bonds is 2. The molecule has 19 heavy (non-hydrogen) atoms. The number of aliphatic hydroxyl groups is 2. The Kier molecular flexibility index (Phi) is 2.42. The van der Waals surface area contributed by atoms with Gasteiger partial charge < -0.3 is 14.9 Å². The molecule has 4 aliphatic carbocycles. The van der Waals surface area contributed by atoms with Crippen LogP contribution in [0.4, 0.5) is 8.78 Å². The lowest BCUT2D eigenvalue weighted by Gasteiger charge is -2.62. The second-order valence-electron chi connectivity index (χ2n) is 6.92. The minimum atomic E-state index is -3.55. The van der Waals surface area contributed by atoms with Crippen LogP contribution in [0.1, 0.15) is 45.4 Å². The van der Waals surface area contributed by atoms with E-state index < -0.39 is 28.7 Å². The molecule has 0 aliphatic heterocycles. The van der Waals surface area contributed by atoms with Crippen LogP contribution >= 0.6 is 0 Å². The molecule has 4 fully saturated rings. The summed E-state index contributed by atoms with van der Waals surface area (Å²) in [6.45, 7) is 0.499. The van der Waals surface area contributed by atoms with E-state index in [1.165, 1.54) is 0 Å². The fourth-order valence-corrected chi connectivity index (χ4v) is 4.65. The first kappa shape index (κ1) is 13.2. The lowest BCUT2D eigenvalue weighted by molar-refractivity contribution is -0.267. The van der Waals surface area contributed by atoms with Gasteiger partial charge in [0.1, 0.15) is 5.60 Å². The number of hydrogen-bond donors (Lipinski definition) is 2. The molecule has 2 atom stereocenters. The summed E-state index contributed by atoms with van der Waals surface area (Å²) in [4.78, 5) is 11.4. The van der Waals surface area contributed by atoms with E-state index in [1.807, 2.05) is 0 Å². The molecule has 6 heteroatoms. The van der Waals surface area contributed by atoms with Crippen LogP contribution in [0.25, 0.3) is 0 Å². The van der Waals surface area contributed by atoms with Crippen molar-refractivity contribution in [1.29, 1.82) is 0 Å². The van der Waals surface area contributed by atoms with Crippen molar-refractivity contribution in [1.82, 2.24) is 0 Å². The van der Waals surface area contributed by atoms with E-state index in [0.717, 1.165) is 0 Å². The van der Waals surface area contributed by atoms with E-state index >= 15 is 0 Å². The lowest BCUT2D eigenvalue weighted by atomic mass is 9.50. The van der Waals surface area contributed by atoms with Gasteiger partial charge in [-0.15, -0.1) is 0 Å². The standard InChI is InChI=1S/C13H18F2O4/c1-10(14,15)9(16)19-13-4-8-2-11(17,6-13)5-12(18,3-8)7-13/h8,17-18H,2-7H2,1H3. The molecule has 4 aliphatic rings. The Bertz CT molecular complexity index is 413. The Morgan fingerprint density at radius 3 is 2.11 bits per heavy atom. The first-order valence-corrected chi connectivity index (χ1v) is 6.59.